The second-order valence-corrected chi connectivity index (χ2v) is 9.46. The summed E-state index contributed by atoms with van der Waals surface area (Å²) in [4.78, 5) is 11.4. The minimum absolute atomic E-state index is 0.619. The minimum atomic E-state index is -4.35. The van der Waals surface area contributed by atoms with Crippen LogP contribution < -0.4 is 9.80 Å². The van der Waals surface area contributed by atoms with Gasteiger partial charge in [0.1, 0.15) is 5.82 Å². The average Bonchev–Trinajstić information content (AvgIpc) is 3.37. The summed E-state index contributed by atoms with van der Waals surface area (Å²) in [6.45, 7) is 7.33. The van der Waals surface area contributed by atoms with Crippen molar-refractivity contribution >= 4 is 11.5 Å². The minimum Gasteiger partial charge on any atom is -0.370 e. The van der Waals surface area contributed by atoms with E-state index in [1.54, 1.807) is 0 Å². The van der Waals surface area contributed by atoms with Crippen LogP contribution in [0.5, 0.6) is 0 Å². The quantitative estimate of drug-likeness (QED) is 0.680. The van der Waals surface area contributed by atoms with Crippen molar-refractivity contribution in [3.63, 3.8) is 0 Å². The molecule has 1 aromatic carbocycles. The van der Waals surface area contributed by atoms with Crippen LogP contribution in [-0.2, 0) is 19.0 Å². The number of anilines is 2. The van der Waals surface area contributed by atoms with E-state index in [1.165, 1.54) is 48.7 Å². The zero-order chi connectivity index (χ0) is 22.3. The first-order valence-electron chi connectivity index (χ1n) is 11.8. The van der Waals surface area contributed by atoms with Crippen molar-refractivity contribution in [3.05, 3.63) is 53.2 Å². The first kappa shape index (κ1) is 21.6. The number of halogens is 3. The molecule has 7 heteroatoms. The molecule has 32 heavy (non-hydrogen) atoms. The second kappa shape index (κ2) is 8.58. The van der Waals surface area contributed by atoms with Crippen LogP contribution in [0.1, 0.15) is 42.9 Å². The van der Waals surface area contributed by atoms with Crippen molar-refractivity contribution < 1.29 is 13.2 Å². The van der Waals surface area contributed by atoms with Crippen LogP contribution in [0.15, 0.2) is 36.5 Å². The Labute approximate surface area is 188 Å². The molecular formula is C25H31F3N4. The summed E-state index contributed by atoms with van der Waals surface area (Å²) >= 11 is 0. The van der Waals surface area contributed by atoms with E-state index in [9.17, 15) is 13.2 Å². The molecule has 5 rings (SSSR count). The van der Waals surface area contributed by atoms with Gasteiger partial charge in [0.15, 0.2) is 0 Å². The number of alkyl halides is 3. The first-order chi connectivity index (χ1) is 15.4. The normalized spacial score (nSPS) is 24.6. The van der Waals surface area contributed by atoms with E-state index in [1.807, 2.05) is 0 Å². The summed E-state index contributed by atoms with van der Waals surface area (Å²) < 4.78 is 38.5. The standard InChI is InChI=1S/C25H31F3N4/c1-18-3-2-11-32(18)23-10-14-31(17-23)22-6-4-19-8-12-30(13-9-20(19)15-22)24-7-5-21(16-29-24)25(26,27)28/h4-7,15-16,18,23H,2-3,8-14,17H2,1H3/t18-,23-/m0/s1. The lowest BCUT2D eigenvalue weighted by molar-refractivity contribution is -0.137. The number of hydrogen-bond acceptors (Lipinski definition) is 4. The van der Waals surface area contributed by atoms with Crippen molar-refractivity contribution in [2.45, 2.75) is 57.3 Å². The topological polar surface area (TPSA) is 22.6 Å². The molecule has 2 atom stereocenters. The fraction of sp³-hybridized carbons (Fsp3) is 0.560. The zero-order valence-corrected chi connectivity index (χ0v) is 18.6. The highest BCUT2D eigenvalue weighted by Crippen LogP contribution is 2.32. The van der Waals surface area contributed by atoms with Crippen LogP contribution >= 0.6 is 0 Å². The largest absolute Gasteiger partial charge is 0.417 e. The van der Waals surface area contributed by atoms with Crippen molar-refractivity contribution in [2.75, 3.05) is 42.5 Å². The maximum Gasteiger partial charge on any atom is 0.417 e. The van der Waals surface area contributed by atoms with Gasteiger partial charge in [-0.25, -0.2) is 4.98 Å². The van der Waals surface area contributed by atoms with Crippen molar-refractivity contribution in [3.8, 4) is 0 Å². The molecule has 4 nitrogen and oxygen atoms in total. The Balaban J connectivity index is 1.25. The average molecular weight is 445 g/mol. The Bertz CT molecular complexity index is 943. The Kier molecular flexibility index (Phi) is 5.78. The van der Waals surface area contributed by atoms with E-state index < -0.39 is 11.7 Å². The van der Waals surface area contributed by atoms with E-state index in [-0.39, 0.29) is 0 Å². The van der Waals surface area contributed by atoms with Crippen molar-refractivity contribution in [2.24, 2.45) is 0 Å². The Morgan fingerprint density at radius 1 is 0.906 bits per heavy atom. The van der Waals surface area contributed by atoms with Gasteiger partial charge >= 0.3 is 6.18 Å². The number of likely N-dealkylation sites (tertiary alicyclic amines) is 1. The highest BCUT2D eigenvalue weighted by Gasteiger charge is 2.33. The lowest BCUT2D eigenvalue weighted by atomic mass is 10.0. The van der Waals surface area contributed by atoms with Gasteiger partial charge in [0.2, 0.25) is 0 Å². The predicted octanol–water partition coefficient (Wildman–Crippen LogP) is 4.77. The third-order valence-corrected chi connectivity index (χ3v) is 7.49. The number of pyridine rings is 1. The van der Waals surface area contributed by atoms with Crippen LogP contribution in [0.3, 0.4) is 0 Å². The fourth-order valence-corrected chi connectivity index (χ4v) is 5.62. The molecule has 3 aliphatic heterocycles. The Hall–Kier alpha value is -2.28. The number of nitrogens with zero attached hydrogens (tertiary/aromatic N) is 4. The van der Waals surface area contributed by atoms with Gasteiger partial charge in [0.05, 0.1) is 5.56 Å². The molecule has 0 saturated carbocycles. The number of benzene rings is 1. The molecule has 4 heterocycles. The van der Waals surface area contributed by atoms with E-state index in [4.69, 9.17) is 0 Å². The third-order valence-electron chi connectivity index (χ3n) is 7.49. The number of rotatable bonds is 3. The molecule has 0 aliphatic carbocycles. The van der Waals surface area contributed by atoms with E-state index in [0.717, 1.165) is 51.3 Å². The van der Waals surface area contributed by atoms with Crippen molar-refractivity contribution in [1.82, 2.24) is 9.88 Å². The summed E-state index contributed by atoms with van der Waals surface area (Å²) in [5.41, 5.74) is 3.30. The van der Waals surface area contributed by atoms with Gasteiger partial charge < -0.3 is 9.80 Å². The molecule has 172 valence electrons. The van der Waals surface area contributed by atoms with Crippen molar-refractivity contribution in [1.29, 1.82) is 0 Å². The zero-order valence-electron chi connectivity index (χ0n) is 18.6. The van der Waals surface area contributed by atoms with Crippen LogP contribution in [0.4, 0.5) is 24.7 Å². The summed E-state index contributed by atoms with van der Waals surface area (Å²) in [6.07, 6.45) is 2.22. The van der Waals surface area contributed by atoms with Gasteiger partial charge in [-0.2, -0.15) is 13.2 Å². The van der Waals surface area contributed by atoms with Crippen LogP contribution in [0, 0.1) is 0 Å². The SMILES string of the molecule is C[C@H]1CCCN1[C@H]1CCN(c2ccc3c(c2)CCN(c2ccc(C(F)(F)F)cn2)CC3)C1. The molecule has 2 aromatic rings. The van der Waals surface area contributed by atoms with E-state index >= 15 is 0 Å². The molecule has 2 saturated heterocycles. The lowest BCUT2D eigenvalue weighted by Crippen LogP contribution is -2.39. The molecule has 0 radical (unpaired) electrons. The second-order valence-electron chi connectivity index (χ2n) is 9.46. The first-order valence-corrected chi connectivity index (χ1v) is 11.8. The number of fused-ring (bicyclic) bond motifs is 1. The highest BCUT2D eigenvalue weighted by atomic mass is 19.4. The smallest absolute Gasteiger partial charge is 0.370 e. The summed E-state index contributed by atoms with van der Waals surface area (Å²) in [5, 5.41) is 0. The number of aromatic nitrogens is 1. The molecule has 0 unspecified atom stereocenters. The lowest BCUT2D eigenvalue weighted by Gasteiger charge is -2.28. The molecule has 1 aromatic heterocycles. The van der Waals surface area contributed by atoms with Crippen LogP contribution in [0.2, 0.25) is 0 Å². The molecule has 0 amide bonds. The summed E-state index contributed by atoms with van der Waals surface area (Å²) in [7, 11) is 0. The Morgan fingerprint density at radius 3 is 2.41 bits per heavy atom. The third kappa shape index (κ3) is 4.32. The molecule has 0 spiro atoms. The van der Waals surface area contributed by atoms with E-state index in [0.29, 0.717) is 17.9 Å². The Morgan fingerprint density at radius 2 is 1.72 bits per heavy atom. The van der Waals surface area contributed by atoms with Gasteiger partial charge in [0, 0.05) is 50.1 Å². The van der Waals surface area contributed by atoms with Gasteiger partial charge in [-0.1, -0.05) is 6.07 Å². The monoisotopic (exact) mass is 444 g/mol. The number of hydrogen-bond donors (Lipinski definition) is 0. The fourth-order valence-electron chi connectivity index (χ4n) is 5.62. The van der Waals surface area contributed by atoms with Gasteiger partial charge in [-0.15, -0.1) is 0 Å². The maximum atomic E-state index is 12.8. The van der Waals surface area contributed by atoms with Gasteiger partial charge in [-0.3, -0.25) is 4.90 Å². The molecule has 0 N–H and O–H groups in total. The molecular weight excluding hydrogens is 413 g/mol. The van der Waals surface area contributed by atoms with Crippen LogP contribution in [0.25, 0.3) is 0 Å². The van der Waals surface area contributed by atoms with E-state index in [2.05, 4.69) is 44.8 Å². The summed E-state index contributed by atoms with van der Waals surface area (Å²) in [6, 6.07) is 10.8. The molecule has 3 aliphatic rings. The van der Waals surface area contributed by atoms with Gasteiger partial charge in [-0.05, 0) is 81.0 Å². The maximum absolute atomic E-state index is 12.8. The predicted molar refractivity (Wildman–Crippen MR) is 121 cm³/mol. The molecule has 0 bridgehead atoms. The highest BCUT2D eigenvalue weighted by molar-refractivity contribution is 5.53. The van der Waals surface area contributed by atoms with Crippen LogP contribution in [-0.4, -0.2) is 54.7 Å². The summed E-state index contributed by atoms with van der Waals surface area (Å²) in [5.74, 6) is 0.619. The molecule has 2 fully saturated rings. The van der Waals surface area contributed by atoms with Gasteiger partial charge in [0.25, 0.3) is 0 Å².